The first-order valence-corrected chi connectivity index (χ1v) is 9.22. The first-order chi connectivity index (χ1) is 16.0. The molecule has 4 rings (SSSR count). The van der Waals surface area contributed by atoms with E-state index in [1.807, 2.05) is 5.53 Å². The number of hydrogen-bond donors (Lipinski definition) is 2. The van der Waals surface area contributed by atoms with Gasteiger partial charge in [0.1, 0.15) is 11.4 Å². The zero-order chi connectivity index (χ0) is 24.9. The van der Waals surface area contributed by atoms with Gasteiger partial charge in [-0.25, -0.2) is 54.4 Å². The number of hydrazine groups is 3. The minimum Gasteiger partial charge on any atom is -0.282 e. The maximum atomic E-state index is 14.4. The Balaban J connectivity index is 1.89. The Bertz CT molecular complexity index is 1130. The normalized spacial score (nSPS) is 16.4. The van der Waals surface area contributed by atoms with Gasteiger partial charge in [-0.05, 0) is 5.56 Å². The van der Waals surface area contributed by atoms with E-state index in [0.29, 0.717) is 0 Å². The van der Waals surface area contributed by atoms with E-state index in [-0.39, 0.29) is 15.7 Å². The van der Waals surface area contributed by atoms with Gasteiger partial charge in [0, 0.05) is 0 Å². The molecule has 14 heteroatoms. The number of benzene rings is 3. The Morgan fingerprint density at radius 3 is 1.44 bits per heavy atom. The highest BCUT2D eigenvalue weighted by Gasteiger charge is 2.37. The fraction of sp³-hybridized carbons (Fsp3) is 0.100. The van der Waals surface area contributed by atoms with Crippen molar-refractivity contribution in [1.82, 2.24) is 11.0 Å². The molecule has 2 N–H and O–H groups in total. The maximum absolute atomic E-state index is 14.4. The van der Waals surface area contributed by atoms with E-state index >= 15 is 0 Å². The van der Waals surface area contributed by atoms with Crippen molar-refractivity contribution < 1.29 is 43.9 Å². The van der Waals surface area contributed by atoms with Crippen molar-refractivity contribution in [3.05, 3.63) is 94.1 Å². The van der Waals surface area contributed by atoms with E-state index in [9.17, 15) is 43.9 Å². The standard InChI is InChI=1S/C20H10F10N4/c21-9-11(23)15(27)19(16(28)12(9)24)33-6-8(7-4-2-1-3-5-7)31-34(32-33)20-17(29)13(25)10(22)14(26)18(20)30/h1-5,8,31-32H,6H2. The number of halogens is 10. The fourth-order valence-corrected chi connectivity index (χ4v) is 3.31. The fourth-order valence-electron chi connectivity index (χ4n) is 3.31. The molecule has 0 saturated carbocycles. The van der Waals surface area contributed by atoms with Crippen molar-refractivity contribution in [2.24, 2.45) is 0 Å². The van der Waals surface area contributed by atoms with Crippen molar-refractivity contribution >= 4 is 11.4 Å². The first-order valence-electron chi connectivity index (χ1n) is 9.22. The van der Waals surface area contributed by atoms with Crippen LogP contribution in [0, 0.1) is 58.2 Å². The van der Waals surface area contributed by atoms with Gasteiger partial charge < -0.3 is 0 Å². The molecule has 1 heterocycles. The predicted molar refractivity (Wildman–Crippen MR) is 97.7 cm³/mol. The summed E-state index contributed by atoms with van der Waals surface area (Å²) in [7, 11) is 0. The molecular formula is C20H10F10N4. The monoisotopic (exact) mass is 496 g/mol. The molecule has 0 bridgehead atoms. The van der Waals surface area contributed by atoms with Crippen LogP contribution < -0.4 is 21.1 Å². The summed E-state index contributed by atoms with van der Waals surface area (Å²) in [6, 6.07) is 6.20. The molecule has 4 nitrogen and oxygen atoms in total. The maximum Gasteiger partial charge on any atom is 0.200 e. The largest absolute Gasteiger partial charge is 0.282 e. The summed E-state index contributed by atoms with van der Waals surface area (Å²) < 4.78 is 140. The minimum absolute atomic E-state index is 0.0927. The molecule has 1 fully saturated rings. The molecule has 0 amide bonds. The van der Waals surface area contributed by atoms with Gasteiger partial charge in [-0.2, -0.15) is 0 Å². The van der Waals surface area contributed by atoms with Crippen LogP contribution in [0.4, 0.5) is 55.3 Å². The third-order valence-electron chi connectivity index (χ3n) is 4.94. The molecule has 1 atom stereocenters. The summed E-state index contributed by atoms with van der Waals surface area (Å²) in [5.74, 6) is -23.5. The van der Waals surface area contributed by atoms with Crippen LogP contribution in [-0.2, 0) is 0 Å². The lowest BCUT2D eigenvalue weighted by molar-refractivity contribution is 0.324. The van der Waals surface area contributed by atoms with Crippen LogP contribution in [0.25, 0.3) is 0 Å². The third kappa shape index (κ3) is 3.68. The van der Waals surface area contributed by atoms with Gasteiger partial charge in [0.05, 0.1) is 12.6 Å². The molecule has 0 aromatic heterocycles. The van der Waals surface area contributed by atoms with Gasteiger partial charge in [0.15, 0.2) is 46.5 Å². The summed E-state index contributed by atoms with van der Waals surface area (Å²) in [5, 5.41) is 0.373. The van der Waals surface area contributed by atoms with Crippen molar-refractivity contribution in [2.75, 3.05) is 16.7 Å². The van der Waals surface area contributed by atoms with E-state index < -0.39 is 82.1 Å². The number of anilines is 2. The van der Waals surface area contributed by atoms with Crippen LogP contribution in [0.2, 0.25) is 0 Å². The summed E-state index contributed by atoms with van der Waals surface area (Å²) in [5.41, 5.74) is 1.34. The van der Waals surface area contributed by atoms with Crippen LogP contribution in [0.15, 0.2) is 30.3 Å². The van der Waals surface area contributed by atoms with Crippen LogP contribution >= 0.6 is 0 Å². The molecule has 180 valence electrons. The second-order valence-electron chi connectivity index (χ2n) is 6.98. The van der Waals surface area contributed by atoms with Crippen LogP contribution in [-0.4, -0.2) is 6.54 Å². The van der Waals surface area contributed by atoms with E-state index in [1.165, 1.54) is 24.3 Å². The molecule has 0 aliphatic carbocycles. The molecule has 0 radical (unpaired) electrons. The molecule has 1 aliphatic heterocycles. The average Bonchev–Trinajstić information content (AvgIpc) is 2.84. The van der Waals surface area contributed by atoms with E-state index in [2.05, 4.69) is 5.43 Å². The Morgan fingerprint density at radius 2 is 0.971 bits per heavy atom. The number of nitrogens with zero attached hydrogens (tertiary/aromatic N) is 2. The van der Waals surface area contributed by atoms with Gasteiger partial charge in [-0.1, -0.05) is 30.3 Å². The smallest absolute Gasteiger partial charge is 0.200 e. The van der Waals surface area contributed by atoms with E-state index in [0.717, 1.165) is 0 Å². The van der Waals surface area contributed by atoms with Crippen molar-refractivity contribution in [3.63, 3.8) is 0 Å². The highest BCUT2D eigenvalue weighted by Crippen LogP contribution is 2.35. The first kappa shape index (κ1) is 23.6. The third-order valence-corrected chi connectivity index (χ3v) is 4.94. The van der Waals surface area contributed by atoms with E-state index in [4.69, 9.17) is 0 Å². The number of nitrogens with one attached hydrogen (secondary N) is 2. The zero-order valence-corrected chi connectivity index (χ0v) is 16.3. The molecule has 3 aromatic carbocycles. The lowest BCUT2D eigenvalue weighted by Gasteiger charge is -2.43. The van der Waals surface area contributed by atoms with Crippen LogP contribution in [0.3, 0.4) is 0 Å². The number of hydrogen-bond acceptors (Lipinski definition) is 4. The van der Waals surface area contributed by atoms with Crippen molar-refractivity contribution in [3.8, 4) is 0 Å². The predicted octanol–water partition coefficient (Wildman–Crippen LogP) is 5.07. The quantitative estimate of drug-likeness (QED) is 0.301. The van der Waals surface area contributed by atoms with E-state index in [1.54, 1.807) is 6.07 Å². The second kappa shape index (κ2) is 8.68. The Hall–Kier alpha value is -3.52. The lowest BCUT2D eigenvalue weighted by Crippen LogP contribution is -2.65. The van der Waals surface area contributed by atoms with Gasteiger partial charge in [0.2, 0.25) is 11.6 Å². The Kier molecular flexibility index (Phi) is 6.03. The minimum atomic E-state index is -2.47. The summed E-state index contributed by atoms with van der Waals surface area (Å²) >= 11 is 0. The van der Waals surface area contributed by atoms with Gasteiger partial charge in [-0.3, -0.25) is 5.01 Å². The molecule has 34 heavy (non-hydrogen) atoms. The Morgan fingerprint density at radius 1 is 0.559 bits per heavy atom. The number of rotatable bonds is 3. The molecule has 0 spiro atoms. The zero-order valence-electron chi connectivity index (χ0n) is 16.3. The van der Waals surface area contributed by atoms with Crippen LogP contribution in [0.1, 0.15) is 11.6 Å². The highest BCUT2D eigenvalue weighted by molar-refractivity contribution is 5.54. The van der Waals surface area contributed by atoms with Crippen LogP contribution in [0.5, 0.6) is 0 Å². The topological polar surface area (TPSA) is 30.5 Å². The summed E-state index contributed by atoms with van der Waals surface area (Å²) in [4.78, 5) is 0. The molecule has 3 aromatic rings. The molecule has 1 aliphatic rings. The molecule has 1 unspecified atom stereocenters. The average molecular weight is 496 g/mol. The summed E-state index contributed by atoms with van der Waals surface area (Å²) in [6.45, 7) is -0.617. The summed E-state index contributed by atoms with van der Waals surface area (Å²) in [6.07, 6.45) is 0. The van der Waals surface area contributed by atoms with Crippen molar-refractivity contribution in [1.29, 1.82) is 0 Å². The van der Waals surface area contributed by atoms with Gasteiger partial charge in [-0.15, -0.1) is 5.53 Å². The Labute approximate surface area is 183 Å². The second-order valence-corrected chi connectivity index (χ2v) is 6.98. The van der Waals surface area contributed by atoms with Crippen molar-refractivity contribution in [2.45, 2.75) is 6.04 Å². The van der Waals surface area contributed by atoms with Gasteiger partial charge >= 0.3 is 0 Å². The molecule has 1 saturated heterocycles. The lowest BCUT2D eigenvalue weighted by atomic mass is 10.1. The SMILES string of the molecule is Fc1c(F)c(F)c(N2CC(c3ccccc3)NN(c3c(F)c(F)c(F)c(F)c3F)N2)c(F)c1F. The molecular weight excluding hydrogens is 486 g/mol. The highest BCUT2D eigenvalue weighted by atomic mass is 19.2. The van der Waals surface area contributed by atoms with Gasteiger partial charge in [0.25, 0.3) is 0 Å².